The lowest BCUT2D eigenvalue weighted by Gasteiger charge is -2.20. The van der Waals surface area contributed by atoms with E-state index in [1.807, 2.05) is 68.4 Å². The molecule has 1 unspecified atom stereocenters. The average Bonchev–Trinajstić information content (AvgIpc) is 2.64. The fourth-order valence-corrected chi connectivity index (χ4v) is 3.07. The first-order valence-electron chi connectivity index (χ1n) is 9.53. The van der Waals surface area contributed by atoms with Crippen LogP contribution in [0.3, 0.4) is 0 Å². The fourth-order valence-electron chi connectivity index (χ4n) is 3.07. The molecule has 0 saturated heterocycles. The smallest absolute Gasteiger partial charge is 0.279 e. The number of anilines is 1. The zero-order chi connectivity index (χ0) is 19.6. The molecule has 5 heteroatoms. The molecule has 0 radical (unpaired) electrons. The van der Waals surface area contributed by atoms with Crippen LogP contribution in [-0.2, 0) is 9.59 Å². The van der Waals surface area contributed by atoms with Crippen molar-refractivity contribution in [1.82, 2.24) is 5.32 Å². The number of aryl methyl sites for hydroxylation is 1. The third-order valence-electron chi connectivity index (χ3n) is 4.52. The number of quaternary nitrogens is 1. The number of hydrogen-bond donors (Lipinski definition) is 3. The van der Waals surface area contributed by atoms with E-state index in [9.17, 15) is 9.59 Å². The summed E-state index contributed by atoms with van der Waals surface area (Å²) >= 11 is 0. The maximum atomic E-state index is 12.4. The molecule has 5 nitrogen and oxygen atoms in total. The molecule has 3 N–H and O–H groups in total. The van der Waals surface area contributed by atoms with E-state index in [0.717, 1.165) is 34.7 Å². The molecule has 0 bridgehead atoms. The monoisotopic (exact) mass is 368 g/mol. The first-order chi connectivity index (χ1) is 13.0. The highest BCUT2D eigenvalue weighted by molar-refractivity contribution is 5.92. The van der Waals surface area contributed by atoms with Crippen molar-refractivity contribution in [2.75, 3.05) is 25.0 Å². The molecule has 0 aliphatic carbocycles. The molecule has 0 heterocycles. The highest BCUT2D eigenvalue weighted by Gasteiger charge is 2.19. The standard InChI is InChI=1S/C22H29N3O2/c1-4-14-25(16-22(27)24-20-13-9-8-10-17(20)2)15-21(26)23-18(3)19-11-6-5-7-12-19/h5-13,18H,4,14-16H2,1-3H3,(H,23,26)(H,24,27)/p+1/t18-/m0/s1. The molecule has 27 heavy (non-hydrogen) atoms. The summed E-state index contributed by atoms with van der Waals surface area (Å²) in [6, 6.07) is 17.5. The molecule has 0 spiro atoms. The van der Waals surface area contributed by atoms with Crippen molar-refractivity contribution in [2.24, 2.45) is 0 Å². The number of rotatable bonds is 9. The molecule has 2 aromatic rings. The van der Waals surface area contributed by atoms with Crippen LogP contribution in [0.2, 0.25) is 0 Å². The molecule has 0 aromatic heterocycles. The van der Waals surface area contributed by atoms with Crippen LogP contribution < -0.4 is 15.5 Å². The lowest BCUT2D eigenvalue weighted by atomic mass is 10.1. The van der Waals surface area contributed by atoms with Crippen molar-refractivity contribution in [1.29, 1.82) is 0 Å². The normalized spacial score (nSPS) is 12.9. The first kappa shape index (κ1) is 20.6. The van der Waals surface area contributed by atoms with E-state index < -0.39 is 0 Å². The van der Waals surface area contributed by atoms with Gasteiger partial charge in [-0.15, -0.1) is 0 Å². The predicted octanol–water partition coefficient (Wildman–Crippen LogP) is 2.11. The Labute approximate surface area is 161 Å². The fraction of sp³-hybridized carbons (Fsp3) is 0.364. The third-order valence-corrected chi connectivity index (χ3v) is 4.52. The number of amides is 2. The summed E-state index contributed by atoms with van der Waals surface area (Å²) in [6.07, 6.45) is 0.911. The van der Waals surface area contributed by atoms with Crippen molar-refractivity contribution in [3.05, 3.63) is 65.7 Å². The van der Waals surface area contributed by atoms with Gasteiger partial charge in [-0.3, -0.25) is 9.59 Å². The summed E-state index contributed by atoms with van der Waals surface area (Å²) in [5, 5.41) is 5.97. The molecule has 0 aliphatic heterocycles. The Bertz CT molecular complexity index is 746. The predicted molar refractivity (Wildman–Crippen MR) is 109 cm³/mol. The Morgan fingerprint density at radius 2 is 1.59 bits per heavy atom. The summed E-state index contributed by atoms with van der Waals surface area (Å²) in [5.74, 6) is -0.116. The van der Waals surface area contributed by atoms with E-state index in [1.54, 1.807) is 0 Å². The summed E-state index contributed by atoms with van der Waals surface area (Å²) in [7, 11) is 0. The SMILES string of the molecule is CCC[NH+](CC(=O)Nc1ccccc1C)CC(=O)N[C@@H](C)c1ccccc1. The Hall–Kier alpha value is -2.66. The number of benzene rings is 2. The molecular weight excluding hydrogens is 338 g/mol. The van der Waals surface area contributed by atoms with E-state index in [-0.39, 0.29) is 30.9 Å². The van der Waals surface area contributed by atoms with Crippen LogP contribution in [0.4, 0.5) is 5.69 Å². The van der Waals surface area contributed by atoms with Gasteiger partial charge >= 0.3 is 0 Å². The van der Waals surface area contributed by atoms with Crippen molar-refractivity contribution in [2.45, 2.75) is 33.2 Å². The van der Waals surface area contributed by atoms with Gasteiger partial charge in [0.2, 0.25) is 0 Å². The van der Waals surface area contributed by atoms with E-state index in [2.05, 4.69) is 17.6 Å². The lowest BCUT2D eigenvalue weighted by Crippen LogP contribution is -3.14. The topological polar surface area (TPSA) is 62.6 Å². The van der Waals surface area contributed by atoms with Gasteiger partial charge in [0.05, 0.1) is 12.6 Å². The molecule has 0 aliphatic rings. The van der Waals surface area contributed by atoms with Crippen molar-refractivity contribution in [3.8, 4) is 0 Å². The highest BCUT2D eigenvalue weighted by atomic mass is 16.2. The molecule has 2 atom stereocenters. The van der Waals surface area contributed by atoms with Crippen LogP contribution in [-0.4, -0.2) is 31.4 Å². The Balaban J connectivity index is 1.89. The third kappa shape index (κ3) is 6.87. The summed E-state index contributed by atoms with van der Waals surface area (Å²) < 4.78 is 0. The molecule has 2 aromatic carbocycles. The Morgan fingerprint density at radius 1 is 0.963 bits per heavy atom. The molecule has 0 fully saturated rings. The van der Waals surface area contributed by atoms with Crippen LogP contribution in [0, 0.1) is 6.92 Å². The summed E-state index contributed by atoms with van der Waals surface area (Å²) in [6.45, 7) is 7.32. The van der Waals surface area contributed by atoms with Crippen LogP contribution >= 0.6 is 0 Å². The van der Waals surface area contributed by atoms with Gasteiger partial charge in [0.25, 0.3) is 11.8 Å². The summed E-state index contributed by atoms with van der Waals surface area (Å²) in [5.41, 5.74) is 2.91. The first-order valence-corrected chi connectivity index (χ1v) is 9.53. The zero-order valence-electron chi connectivity index (χ0n) is 16.4. The van der Waals surface area contributed by atoms with Crippen LogP contribution in [0.5, 0.6) is 0 Å². The van der Waals surface area contributed by atoms with E-state index in [0.29, 0.717) is 0 Å². The maximum Gasteiger partial charge on any atom is 0.279 e. The van der Waals surface area contributed by atoms with E-state index in [4.69, 9.17) is 0 Å². The maximum absolute atomic E-state index is 12.4. The highest BCUT2D eigenvalue weighted by Crippen LogP contribution is 2.12. The van der Waals surface area contributed by atoms with Gasteiger partial charge in [-0.2, -0.15) is 0 Å². The molecule has 2 amide bonds. The van der Waals surface area contributed by atoms with E-state index >= 15 is 0 Å². The van der Waals surface area contributed by atoms with E-state index in [1.165, 1.54) is 0 Å². The Morgan fingerprint density at radius 3 is 2.26 bits per heavy atom. The molecule has 2 rings (SSSR count). The molecule has 0 saturated carbocycles. The van der Waals surface area contributed by atoms with Crippen molar-refractivity contribution in [3.63, 3.8) is 0 Å². The van der Waals surface area contributed by atoms with Crippen molar-refractivity contribution < 1.29 is 14.5 Å². The van der Waals surface area contributed by atoms with Gasteiger partial charge in [0, 0.05) is 5.69 Å². The second-order valence-corrected chi connectivity index (χ2v) is 6.92. The molecular formula is C22H30N3O2+. The minimum absolute atomic E-state index is 0.0431. The van der Waals surface area contributed by atoms with Gasteiger partial charge < -0.3 is 15.5 Å². The van der Waals surface area contributed by atoms with Crippen LogP contribution in [0.15, 0.2) is 54.6 Å². The van der Waals surface area contributed by atoms with Gasteiger partial charge in [-0.25, -0.2) is 0 Å². The van der Waals surface area contributed by atoms with Crippen molar-refractivity contribution >= 4 is 17.5 Å². The second-order valence-electron chi connectivity index (χ2n) is 6.92. The van der Waals surface area contributed by atoms with Gasteiger partial charge in [0.15, 0.2) is 13.1 Å². The minimum Gasteiger partial charge on any atom is -0.345 e. The quantitative estimate of drug-likeness (QED) is 0.635. The second kappa shape index (κ2) is 10.5. The summed E-state index contributed by atoms with van der Waals surface area (Å²) in [4.78, 5) is 25.8. The van der Waals surface area contributed by atoms with Crippen LogP contribution in [0.1, 0.15) is 37.4 Å². The van der Waals surface area contributed by atoms with Crippen LogP contribution in [0.25, 0.3) is 0 Å². The number of para-hydroxylation sites is 1. The van der Waals surface area contributed by atoms with Gasteiger partial charge in [0.1, 0.15) is 0 Å². The number of carbonyl (C=O) groups excluding carboxylic acids is 2. The van der Waals surface area contributed by atoms with Gasteiger partial charge in [-0.1, -0.05) is 55.5 Å². The zero-order valence-corrected chi connectivity index (χ0v) is 16.4. The Kier molecular flexibility index (Phi) is 8.01. The number of carbonyl (C=O) groups is 2. The largest absolute Gasteiger partial charge is 0.345 e. The molecule has 144 valence electrons. The lowest BCUT2D eigenvalue weighted by molar-refractivity contribution is -0.883. The number of hydrogen-bond acceptors (Lipinski definition) is 2. The average molecular weight is 369 g/mol. The number of nitrogens with one attached hydrogen (secondary N) is 3. The minimum atomic E-state index is -0.0725. The van der Waals surface area contributed by atoms with Gasteiger partial charge in [-0.05, 0) is 37.5 Å².